The Balaban J connectivity index is 1.61. The third kappa shape index (κ3) is 5.18. The fourth-order valence-electron chi connectivity index (χ4n) is 2.95. The number of H-pyrrole nitrogens is 2. The topological polar surface area (TPSA) is 151 Å². The second kappa shape index (κ2) is 9.28. The van der Waals surface area contributed by atoms with Gasteiger partial charge in [0.2, 0.25) is 11.0 Å². The maximum Gasteiger partial charge on any atom is 0.325 e. The van der Waals surface area contributed by atoms with Gasteiger partial charge in [-0.25, -0.2) is 4.79 Å². The molecule has 3 aromatic heterocycles. The molecule has 0 atom stereocenters. The lowest BCUT2D eigenvalue weighted by Gasteiger charge is -2.11. The number of aromatic amines is 2. The van der Waals surface area contributed by atoms with E-state index in [2.05, 4.69) is 35.7 Å². The minimum Gasteiger partial charge on any atom is -0.311 e. The van der Waals surface area contributed by atoms with Gasteiger partial charge in [0.05, 0.1) is 5.75 Å². The van der Waals surface area contributed by atoms with Gasteiger partial charge in [-0.1, -0.05) is 35.2 Å². The summed E-state index contributed by atoms with van der Waals surface area (Å²) in [6.45, 7) is 3.77. The standard InChI is InChI=1S/C19H18N8O3S2/c1-10-4-3-5-13(6-10)27-14(7-12-8-15(28)21-17(30)20-12)24-26-19(27)31-9-16(29)22-18-25-23-11(2)32-18/h3-6,8H,7,9H2,1-2H3,(H,22,25,29)(H2,20,21,28,30). The Morgan fingerprint density at radius 2 is 1.97 bits per heavy atom. The number of aromatic nitrogens is 7. The van der Waals surface area contributed by atoms with Crippen molar-refractivity contribution < 1.29 is 4.79 Å². The van der Waals surface area contributed by atoms with Crippen LogP contribution in [-0.2, 0) is 11.2 Å². The van der Waals surface area contributed by atoms with Crippen molar-refractivity contribution >= 4 is 34.1 Å². The number of rotatable bonds is 7. The summed E-state index contributed by atoms with van der Waals surface area (Å²) in [6.07, 6.45) is 0.177. The zero-order chi connectivity index (χ0) is 22.7. The highest BCUT2D eigenvalue weighted by Gasteiger charge is 2.17. The van der Waals surface area contributed by atoms with Gasteiger partial charge < -0.3 is 4.98 Å². The molecule has 0 fully saturated rings. The summed E-state index contributed by atoms with van der Waals surface area (Å²) in [5.74, 6) is 0.356. The van der Waals surface area contributed by atoms with Crippen LogP contribution >= 0.6 is 23.1 Å². The average Bonchev–Trinajstić information content (AvgIpc) is 3.31. The first-order valence-electron chi connectivity index (χ1n) is 9.44. The fourth-order valence-corrected chi connectivity index (χ4v) is 4.33. The Morgan fingerprint density at radius 1 is 1.12 bits per heavy atom. The van der Waals surface area contributed by atoms with E-state index in [1.54, 1.807) is 4.57 Å². The number of nitrogens with one attached hydrogen (secondary N) is 3. The zero-order valence-electron chi connectivity index (χ0n) is 17.1. The summed E-state index contributed by atoms with van der Waals surface area (Å²) in [6, 6.07) is 9.03. The molecule has 1 amide bonds. The lowest BCUT2D eigenvalue weighted by Crippen LogP contribution is -2.23. The van der Waals surface area contributed by atoms with E-state index in [0.717, 1.165) is 16.3 Å². The molecule has 3 N–H and O–H groups in total. The van der Waals surface area contributed by atoms with E-state index in [1.165, 1.54) is 29.2 Å². The SMILES string of the molecule is Cc1cccc(-n2c(Cc3cc(=O)[nH]c(=O)[nH]3)nnc2SCC(=O)Nc2nnc(C)s2)c1. The Labute approximate surface area is 189 Å². The maximum absolute atomic E-state index is 12.3. The van der Waals surface area contributed by atoms with Crippen LogP contribution in [0, 0.1) is 13.8 Å². The Morgan fingerprint density at radius 3 is 2.69 bits per heavy atom. The summed E-state index contributed by atoms with van der Waals surface area (Å²) >= 11 is 2.51. The van der Waals surface area contributed by atoms with E-state index in [0.29, 0.717) is 21.8 Å². The average molecular weight is 471 g/mol. The molecule has 3 heterocycles. The van der Waals surface area contributed by atoms with E-state index in [-0.39, 0.29) is 18.1 Å². The van der Waals surface area contributed by atoms with Gasteiger partial charge in [0.25, 0.3) is 5.56 Å². The van der Waals surface area contributed by atoms with Crippen LogP contribution in [0.5, 0.6) is 0 Å². The molecule has 1 aromatic carbocycles. The largest absolute Gasteiger partial charge is 0.325 e. The zero-order valence-corrected chi connectivity index (χ0v) is 18.7. The van der Waals surface area contributed by atoms with Crippen molar-refractivity contribution in [3.8, 4) is 5.69 Å². The maximum atomic E-state index is 12.3. The molecule has 0 unspecified atom stereocenters. The van der Waals surface area contributed by atoms with Crippen molar-refractivity contribution in [3.63, 3.8) is 0 Å². The molecule has 0 aliphatic carbocycles. The minimum absolute atomic E-state index is 0.0877. The van der Waals surface area contributed by atoms with E-state index in [9.17, 15) is 14.4 Å². The minimum atomic E-state index is -0.590. The Kier molecular flexibility index (Phi) is 6.28. The quantitative estimate of drug-likeness (QED) is 0.343. The van der Waals surface area contributed by atoms with Gasteiger partial charge in [-0.05, 0) is 31.5 Å². The molecule has 4 aromatic rings. The molecule has 0 radical (unpaired) electrons. The number of hydrogen-bond acceptors (Lipinski definition) is 9. The Bertz CT molecular complexity index is 1360. The first-order chi connectivity index (χ1) is 15.4. The first-order valence-corrected chi connectivity index (χ1v) is 11.2. The molecule has 13 heteroatoms. The number of anilines is 1. The van der Waals surface area contributed by atoms with Crippen molar-refractivity contribution in [2.24, 2.45) is 0 Å². The molecule has 0 aliphatic heterocycles. The van der Waals surface area contributed by atoms with Crippen LogP contribution in [0.25, 0.3) is 5.69 Å². The molecule has 0 saturated heterocycles. The lowest BCUT2D eigenvalue weighted by atomic mass is 10.2. The molecule has 0 saturated carbocycles. The number of nitrogens with zero attached hydrogens (tertiary/aromatic N) is 5. The van der Waals surface area contributed by atoms with Crippen LogP contribution < -0.4 is 16.6 Å². The third-order valence-corrected chi connectivity index (χ3v) is 5.91. The van der Waals surface area contributed by atoms with Gasteiger partial charge in [0.1, 0.15) is 10.8 Å². The number of hydrogen-bond donors (Lipinski definition) is 3. The van der Waals surface area contributed by atoms with Crippen molar-refractivity contribution in [2.45, 2.75) is 25.4 Å². The van der Waals surface area contributed by atoms with Crippen LogP contribution in [0.4, 0.5) is 5.13 Å². The fraction of sp³-hybridized carbons (Fsp3) is 0.211. The molecule has 0 spiro atoms. The summed E-state index contributed by atoms with van der Waals surface area (Å²) in [4.78, 5) is 40.4. The monoisotopic (exact) mass is 470 g/mol. The highest BCUT2D eigenvalue weighted by Crippen LogP contribution is 2.24. The molecular weight excluding hydrogens is 452 g/mol. The second-order valence-corrected chi connectivity index (χ2v) is 8.95. The number of aryl methyl sites for hydroxylation is 2. The van der Waals surface area contributed by atoms with Crippen LogP contribution in [0.2, 0.25) is 0 Å². The van der Waals surface area contributed by atoms with E-state index < -0.39 is 11.2 Å². The van der Waals surface area contributed by atoms with Crippen LogP contribution in [0.3, 0.4) is 0 Å². The predicted octanol–water partition coefficient (Wildman–Crippen LogP) is 1.43. The van der Waals surface area contributed by atoms with Gasteiger partial charge in [-0.2, -0.15) is 0 Å². The molecule has 4 rings (SSSR count). The smallest absolute Gasteiger partial charge is 0.311 e. The van der Waals surface area contributed by atoms with Crippen molar-refractivity contribution in [2.75, 3.05) is 11.1 Å². The van der Waals surface area contributed by atoms with Gasteiger partial charge in [0, 0.05) is 23.9 Å². The van der Waals surface area contributed by atoms with Crippen molar-refractivity contribution in [1.82, 2.24) is 34.9 Å². The summed E-state index contributed by atoms with van der Waals surface area (Å²) in [7, 11) is 0. The second-order valence-electron chi connectivity index (χ2n) is 6.83. The molecule has 32 heavy (non-hydrogen) atoms. The molecular formula is C19H18N8O3S2. The van der Waals surface area contributed by atoms with Gasteiger partial charge >= 0.3 is 5.69 Å². The van der Waals surface area contributed by atoms with Crippen LogP contribution in [0.1, 0.15) is 22.1 Å². The van der Waals surface area contributed by atoms with Gasteiger partial charge in [0.15, 0.2) is 5.16 Å². The summed E-state index contributed by atoms with van der Waals surface area (Å²) < 4.78 is 1.81. The van der Waals surface area contributed by atoms with E-state index >= 15 is 0 Å². The highest BCUT2D eigenvalue weighted by molar-refractivity contribution is 7.99. The molecule has 164 valence electrons. The lowest BCUT2D eigenvalue weighted by molar-refractivity contribution is -0.113. The van der Waals surface area contributed by atoms with Gasteiger partial charge in [-0.15, -0.1) is 20.4 Å². The third-order valence-electron chi connectivity index (χ3n) is 4.23. The molecule has 0 bridgehead atoms. The molecule has 0 aliphatic rings. The number of carbonyl (C=O) groups excluding carboxylic acids is 1. The highest BCUT2D eigenvalue weighted by atomic mass is 32.2. The summed E-state index contributed by atoms with van der Waals surface area (Å²) in [5, 5.41) is 20.7. The van der Waals surface area contributed by atoms with Crippen LogP contribution in [0.15, 0.2) is 45.1 Å². The van der Waals surface area contributed by atoms with Crippen molar-refractivity contribution in [3.05, 3.63) is 73.3 Å². The number of thioether (sulfide) groups is 1. The number of carbonyl (C=O) groups is 1. The number of benzene rings is 1. The number of amides is 1. The normalized spacial score (nSPS) is 10.9. The predicted molar refractivity (Wildman–Crippen MR) is 121 cm³/mol. The van der Waals surface area contributed by atoms with Crippen LogP contribution in [-0.4, -0.2) is 46.6 Å². The van der Waals surface area contributed by atoms with Crippen molar-refractivity contribution in [1.29, 1.82) is 0 Å². The molecule has 11 nitrogen and oxygen atoms in total. The first kappa shape index (κ1) is 21.6. The Hall–Kier alpha value is -3.58. The van der Waals surface area contributed by atoms with E-state index in [4.69, 9.17) is 0 Å². The summed E-state index contributed by atoms with van der Waals surface area (Å²) in [5.41, 5.74) is 1.16. The van der Waals surface area contributed by atoms with Gasteiger partial charge in [-0.3, -0.25) is 24.5 Å². The van der Waals surface area contributed by atoms with E-state index in [1.807, 2.05) is 38.1 Å².